The van der Waals surface area contributed by atoms with Gasteiger partial charge in [0.1, 0.15) is 5.75 Å². The van der Waals surface area contributed by atoms with Crippen LogP contribution in [0.15, 0.2) is 60.8 Å². The average Bonchev–Trinajstić information content (AvgIpc) is 3.06. The van der Waals surface area contributed by atoms with Crippen LogP contribution in [-0.4, -0.2) is 26.7 Å². The summed E-state index contributed by atoms with van der Waals surface area (Å²) >= 11 is 0. The van der Waals surface area contributed by atoms with Gasteiger partial charge in [-0.1, -0.05) is 29.8 Å². The van der Waals surface area contributed by atoms with Gasteiger partial charge in [0.25, 0.3) is 5.78 Å². The van der Waals surface area contributed by atoms with Crippen molar-refractivity contribution in [2.24, 2.45) is 0 Å². The predicted molar refractivity (Wildman–Crippen MR) is 92.9 cm³/mol. The summed E-state index contributed by atoms with van der Waals surface area (Å²) in [7, 11) is 1.66. The summed E-state index contributed by atoms with van der Waals surface area (Å²) in [5, 5.41) is 4.64. The zero-order valence-electron chi connectivity index (χ0n) is 13.5. The Morgan fingerprint density at radius 2 is 1.58 bits per heavy atom. The van der Waals surface area contributed by atoms with Gasteiger partial charge in [-0.25, -0.2) is 4.98 Å². The Kier molecular flexibility index (Phi) is 3.46. The lowest BCUT2D eigenvalue weighted by Gasteiger charge is -2.05. The van der Waals surface area contributed by atoms with Crippen molar-refractivity contribution in [3.8, 4) is 28.4 Å². The van der Waals surface area contributed by atoms with Crippen LogP contribution in [0, 0.1) is 6.92 Å². The van der Waals surface area contributed by atoms with Gasteiger partial charge in [0.15, 0.2) is 5.82 Å². The molecular weight excluding hydrogens is 300 g/mol. The quantitative estimate of drug-likeness (QED) is 0.577. The first kappa shape index (κ1) is 14.4. The molecule has 24 heavy (non-hydrogen) atoms. The van der Waals surface area contributed by atoms with Crippen molar-refractivity contribution in [1.82, 2.24) is 19.6 Å². The minimum Gasteiger partial charge on any atom is -0.497 e. The van der Waals surface area contributed by atoms with E-state index in [1.807, 2.05) is 42.5 Å². The number of aryl methyl sites for hydroxylation is 1. The van der Waals surface area contributed by atoms with Gasteiger partial charge < -0.3 is 4.74 Å². The predicted octanol–water partition coefficient (Wildman–Crippen LogP) is 3.78. The van der Waals surface area contributed by atoms with Crippen LogP contribution in [0.5, 0.6) is 5.75 Å². The molecule has 0 unspecified atom stereocenters. The highest BCUT2D eigenvalue weighted by Crippen LogP contribution is 2.24. The fraction of sp³-hybridized carbons (Fsp3) is 0.105. The first-order valence-corrected chi connectivity index (χ1v) is 7.68. The molecule has 2 heterocycles. The van der Waals surface area contributed by atoms with Crippen molar-refractivity contribution in [2.75, 3.05) is 7.11 Å². The Balaban J connectivity index is 1.83. The van der Waals surface area contributed by atoms with Crippen molar-refractivity contribution in [2.45, 2.75) is 6.92 Å². The topological polar surface area (TPSA) is 52.3 Å². The van der Waals surface area contributed by atoms with Gasteiger partial charge in [-0.3, -0.25) is 0 Å². The van der Waals surface area contributed by atoms with E-state index in [2.05, 4.69) is 34.1 Å². The number of nitrogens with zero attached hydrogens (tertiary/aromatic N) is 4. The monoisotopic (exact) mass is 316 g/mol. The molecule has 0 spiro atoms. The van der Waals surface area contributed by atoms with E-state index >= 15 is 0 Å². The van der Waals surface area contributed by atoms with Crippen LogP contribution in [0.4, 0.5) is 0 Å². The molecule has 0 aliphatic carbocycles. The molecule has 0 radical (unpaired) electrons. The summed E-state index contributed by atoms with van der Waals surface area (Å²) in [4.78, 5) is 8.88. The second kappa shape index (κ2) is 5.77. The summed E-state index contributed by atoms with van der Waals surface area (Å²) in [5.74, 6) is 2.07. The lowest BCUT2D eigenvalue weighted by atomic mass is 10.1. The van der Waals surface area contributed by atoms with E-state index < -0.39 is 0 Å². The number of fused-ring (bicyclic) bond motifs is 1. The summed E-state index contributed by atoms with van der Waals surface area (Å²) < 4.78 is 6.99. The van der Waals surface area contributed by atoms with Gasteiger partial charge >= 0.3 is 0 Å². The number of aromatic nitrogens is 4. The maximum absolute atomic E-state index is 5.22. The van der Waals surface area contributed by atoms with Crippen LogP contribution < -0.4 is 4.74 Å². The number of methoxy groups -OCH3 is 1. The van der Waals surface area contributed by atoms with Crippen LogP contribution in [0.25, 0.3) is 28.4 Å². The molecule has 0 saturated carbocycles. The number of benzene rings is 2. The first-order valence-electron chi connectivity index (χ1n) is 7.68. The van der Waals surface area contributed by atoms with Crippen molar-refractivity contribution in [1.29, 1.82) is 0 Å². The highest BCUT2D eigenvalue weighted by molar-refractivity contribution is 5.64. The van der Waals surface area contributed by atoms with Crippen LogP contribution in [-0.2, 0) is 0 Å². The van der Waals surface area contributed by atoms with E-state index in [0.29, 0.717) is 11.6 Å². The fourth-order valence-electron chi connectivity index (χ4n) is 2.60. The van der Waals surface area contributed by atoms with E-state index in [9.17, 15) is 0 Å². The van der Waals surface area contributed by atoms with Crippen LogP contribution in [0.3, 0.4) is 0 Å². The molecule has 0 aliphatic rings. The third kappa shape index (κ3) is 2.50. The highest BCUT2D eigenvalue weighted by Gasteiger charge is 2.11. The van der Waals surface area contributed by atoms with Gasteiger partial charge in [0.2, 0.25) is 0 Å². The number of hydrogen-bond acceptors (Lipinski definition) is 4. The SMILES string of the molecule is COc1ccc(-c2ccnc3nc(-c4ccc(C)cc4)nn23)cc1. The van der Waals surface area contributed by atoms with Gasteiger partial charge in [0.05, 0.1) is 12.8 Å². The van der Waals surface area contributed by atoms with Crippen molar-refractivity contribution in [3.05, 3.63) is 66.4 Å². The number of hydrogen-bond donors (Lipinski definition) is 0. The second-order valence-electron chi connectivity index (χ2n) is 5.57. The molecule has 5 nitrogen and oxygen atoms in total. The van der Waals surface area contributed by atoms with Gasteiger partial charge in [0, 0.05) is 17.3 Å². The summed E-state index contributed by atoms with van der Waals surface area (Å²) in [6, 6.07) is 18.0. The van der Waals surface area contributed by atoms with Crippen LogP contribution >= 0.6 is 0 Å². The maximum atomic E-state index is 5.22. The molecule has 0 atom stereocenters. The Labute approximate surface area is 139 Å². The third-order valence-electron chi connectivity index (χ3n) is 3.94. The van der Waals surface area contributed by atoms with Gasteiger partial charge in [-0.05, 0) is 37.3 Å². The molecule has 0 N–H and O–H groups in total. The highest BCUT2D eigenvalue weighted by atomic mass is 16.5. The summed E-state index contributed by atoms with van der Waals surface area (Å²) in [6.07, 6.45) is 1.75. The van der Waals surface area contributed by atoms with Crippen molar-refractivity contribution >= 4 is 5.78 Å². The Hall–Kier alpha value is -3.21. The molecule has 4 aromatic rings. The molecule has 5 heteroatoms. The zero-order chi connectivity index (χ0) is 16.5. The minimum absolute atomic E-state index is 0.582. The van der Waals surface area contributed by atoms with Crippen molar-refractivity contribution < 1.29 is 4.74 Å². The van der Waals surface area contributed by atoms with E-state index in [1.165, 1.54) is 5.56 Å². The molecule has 0 aliphatic heterocycles. The second-order valence-corrected chi connectivity index (χ2v) is 5.57. The molecule has 0 bridgehead atoms. The van der Waals surface area contributed by atoms with Gasteiger partial charge in [-0.15, -0.1) is 5.10 Å². The largest absolute Gasteiger partial charge is 0.497 e. The Morgan fingerprint density at radius 1 is 0.875 bits per heavy atom. The molecule has 0 amide bonds. The zero-order valence-corrected chi connectivity index (χ0v) is 13.5. The number of ether oxygens (including phenoxy) is 1. The van der Waals surface area contributed by atoms with E-state index in [4.69, 9.17) is 4.74 Å². The molecule has 2 aromatic carbocycles. The Bertz CT molecular complexity index is 988. The molecule has 4 rings (SSSR count). The lowest BCUT2D eigenvalue weighted by Crippen LogP contribution is -1.96. The summed E-state index contributed by atoms with van der Waals surface area (Å²) in [5.41, 5.74) is 4.16. The normalized spacial score (nSPS) is 10.9. The maximum Gasteiger partial charge on any atom is 0.253 e. The van der Waals surface area contributed by atoms with E-state index in [1.54, 1.807) is 17.8 Å². The number of rotatable bonds is 3. The van der Waals surface area contributed by atoms with Gasteiger partial charge in [-0.2, -0.15) is 9.50 Å². The minimum atomic E-state index is 0.582. The van der Waals surface area contributed by atoms with Crippen molar-refractivity contribution in [3.63, 3.8) is 0 Å². The standard InChI is InChI=1S/C19H16N4O/c1-13-3-5-15(6-4-13)18-21-19-20-12-11-17(23(19)22-18)14-7-9-16(24-2)10-8-14/h3-12H,1-2H3. The van der Waals surface area contributed by atoms with Crippen LogP contribution in [0.2, 0.25) is 0 Å². The Morgan fingerprint density at radius 3 is 2.29 bits per heavy atom. The molecular formula is C19H16N4O. The molecule has 0 saturated heterocycles. The molecule has 2 aromatic heterocycles. The third-order valence-corrected chi connectivity index (χ3v) is 3.94. The smallest absolute Gasteiger partial charge is 0.253 e. The van der Waals surface area contributed by atoms with E-state index in [0.717, 1.165) is 22.6 Å². The average molecular weight is 316 g/mol. The molecule has 118 valence electrons. The van der Waals surface area contributed by atoms with Crippen LogP contribution in [0.1, 0.15) is 5.56 Å². The van der Waals surface area contributed by atoms with E-state index in [-0.39, 0.29) is 0 Å². The first-order chi connectivity index (χ1) is 11.7. The molecule has 0 fully saturated rings. The summed E-state index contributed by atoms with van der Waals surface area (Å²) in [6.45, 7) is 2.06. The lowest BCUT2D eigenvalue weighted by molar-refractivity contribution is 0.415. The fourth-order valence-corrected chi connectivity index (χ4v) is 2.60.